The number of piperidine rings is 1. The highest BCUT2D eigenvalue weighted by atomic mass is 35.5. The molecule has 2 amide bonds. The van der Waals surface area contributed by atoms with Gasteiger partial charge in [-0.25, -0.2) is 17.8 Å². The summed E-state index contributed by atoms with van der Waals surface area (Å²) in [7, 11) is -4.27. The van der Waals surface area contributed by atoms with Crippen LogP contribution < -0.4 is 9.14 Å². The number of hydrogen-bond donors (Lipinski definition) is 2. The third-order valence-corrected chi connectivity index (χ3v) is 11.1. The molecule has 2 aromatic heterocycles. The fourth-order valence-electron chi connectivity index (χ4n) is 5.81. The van der Waals surface area contributed by atoms with E-state index in [1.807, 2.05) is 29.3 Å². The van der Waals surface area contributed by atoms with E-state index in [1.54, 1.807) is 25.4 Å². The number of anilines is 1. The van der Waals surface area contributed by atoms with Crippen molar-refractivity contribution < 1.29 is 18.0 Å². The highest BCUT2D eigenvalue weighted by molar-refractivity contribution is 7.89. The second-order valence-corrected chi connectivity index (χ2v) is 14.2. The number of para-hydroxylation sites is 1. The van der Waals surface area contributed by atoms with Crippen molar-refractivity contribution in [1.82, 2.24) is 19.6 Å². The van der Waals surface area contributed by atoms with E-state index in [2.05, 4.69) is 14.7 Å². The Morgan fingerprint density at radius 1 is 1.17 bits per heavy atom. The minimum Gasteiger partial charge on any atom is -0.348 e. The average molecular weight is 632 g/mol. The first kappa shape index (κ1) is 30.7. The highest BCUT2D eigenvalue weighted by Gasteiger charge is 2.37. The first-order valence-corrected chi connectivity index (χ1v) is 17.3. The van der Waals surface area contributed by atoms with E-state index in [9.17, 15) is 18.0 Å². The average Bonchev–Trinajstić information content (AvgIpc) is 3.54. The zero-order chi connectivity index (χ0) is 29.9. The van der Waals surface area contributed by atoms with Gasteiger partial charge in [0.15, 0.2) is 0 Å². The number of thiophene rings is 1. The maximum atomic E-state index is 14.1. The normalized spacial score (nSPS) is 16.9. The van der Waals surface area contributed by atoms with Crippen molar-refractivity contribution in [2.75, 3.05) is 17.5 Å². The van der Waals surface area contributed by atoms with E-state index in [1.165, 1.54) is 30.2 Å². The van der Waals surface area contributed by atoms with Gasteiger partial charge in [-0.05, 0) is 81.2 Å². The second kappa shape index (κ2) is 13.3. The molecule has 1 aliphatic heterocycles. The van der Waals surface area contributed by atoms with Crippen molar-refractivity contribution in [2.45, 2.75) is 76.2 Å². The number of likely N-dealkylation sites (tertiary alicyclic amines) is 1. The molecule has 2 aliphatic rings. The van der Waals surface area contributed by atoms with Crippen molar-refractivity contribution in [2.24, 2.45) is 11.8 Å². The van der Waals surface area contributed by atoms with E-state index < -0.39 is 22.0 Å². The largest absolute Gasteiger partial charge is 0.348 e. The number of amides is 2. The minimum absolute atomic E-state index is 0.0876. The van der Waals surface area contributed by atoms with E-state index in [-0.39, 0.29) is 22.9 Å². The van der Waals surface area contributed by atoms with Gasteiger partial charge in [0.25, 0.3) is 0 Å². The number of hydrogen-bond acceptors (Lipinski definition) is 6. The topological polar surface area (TPSA) is 115 Å². The summed E-state index contributed by atoms with van der Waals surface area (Å²) in [5.74, 6) is 0.791. The van der Waals surface area contributed by atoms with Crippen LogP contribution in [-0.2, 0) is 26.0 Å². The summed E-state index contributed by atoms with van der Waals surface area (Å²) in [4.78, 5) is 36.5. The molecule has 5 rings (SSSR count). The fraction of sp³-hybridized carbons (Fsp3) is 0.500. The predicted molar refractivity (Wildman–Crippen MR) is 166 cm³/mol. The minimum atomic E-state index is -4.27. The molecule has 1 saturated carbocycles. The summed E-state index contributed by atoms with van der Waals surface area (Å²) in [5.41, 5.74) is 2.47. The Hall–Kier alpha value is -2.73. The molecule has 0 unspecified atom stereocenters. The van der Waals surface area contributed by atoms with Crippen LogP contribution in [-0.4, -0.2) is 54.2 Å². The molecule has 1 aliphatic carbocycles. The maximum Gasteiger partial charge on any atom is 0.243 e. The van der Waals surface area contributed by atoms with Gasteiger partial charge >= 0.3 is 0 Å². The lowest BCUT2D eigenvalue weighted by atomic mass is 9.91. The van der Waals surface area contributed by atoms with Gasteiger partial charge in [0, 0.05) is 47.4 Å². The monoisotopic (exact) mass is 631 g/mol. The van der Waals surface area contributed by atoms with Gasteiger partial charge in [-0.3, -0.25) is 9.59 Å². The van der Waals surface area contributed by atoms with Crippen molar-refractivity contribution in [3.8, 4) is 10.4 Å². The van der Waals surface area contributed by atoms with E-state index in [0.717, 1.165) is 39.4 Å². The first-order valence-electron chi connectivity index (χ1n) is 14.6. The lowest BCUT2D eigenvalue weighted by molar-refractivity contribution is -0.134. The molecule has 1 atom stereocenters. The number of carbonyl (C=O) groups is 2. The molecule has 3 aromatic rings. The number of carbonyl (C=O) groups excluding carboxylic acids is 2. The van der Waals surface area contributed by atoms with Crippen molar-refractivity contribution in [3.63, 3.8) is 0 Å². The molecule has 1 aromatic carbocycles. The zero-order valence-electron chi connectivity index (χ0n) is 24.0. The van der Waals surface area contributed by atoms with Gasteiger partial charge in [-0.15, -0.1) is 11.3 Å². The van der Waals surface area contributed by atoms with Gasteiger partial charge in [0.2, 0.25) is 21.8 Å². The van der Waals surface area contributed by atoms with Crippen LogP contribution in [0.2, 0.25) is 0 Å². The summed E-state index contributed by atoms with van der Waals surface area (Å²) in [6.07, 6.45) is 7.69. The van der Waals surface area contributed by atoms with Crippen molar-refractivity contribution in [1.29, 1.82) is 0 Å². The number of rotatable bonds is 12. The highest BCUT2D eigenvalue weighted by Crippen LogP contribution is 2.42. The lowest BCUT2D eigenvalue weighted by Crippen LogP contribution is -2.51. The Balaban J connectivity index is 1.43. The third-order valence-electron chi connectivity index (χ3n) is 8.37. The molecule has 3 heterocycles. The molecule has 226 valence electrons. The Labute approximate surface area is 256 Å². The summed E-state index contributed by atoms with van der Waals surface area (Å²) in [5, 5.41) is 1.88. The van der Waals surface area contributed by atoms with Gasteiger partial charge in [-0.1, -0.05) is 25.1 Å². The molecule has 2 N–H and O–H groups in total. The first-order chi connectivity index (χ1) is 20.2. The molecule has 9 nitrogen and oxygen atoms in total. The molecule has 12 heteroatoms. The predicted octanol–water partition coefficient (Wildman–Crippen LogP) is 5.66. The molecule has 1 saturated heterocycles. The van der Waals surface area contributed by atoms with Gasteiger partial charge in [0.1, 0.15) is 10.9 Å². The Morgan fingerprint density at radius 3 is 2.52 bits per heavy atom. The molecule has 2 fully saturated rings. The summed E-state index contributed by atoms with van der Waals surface area (Å²) < 4.78 is 31.8. The van der Waals surface area contributed by atoms with E-state index >= 15 is 0 Å². The number of aryl methyl sites for hydroxylation is 2. The fourth-order valence-corrected chi connectivity index (χ4v) is 8.35. The molecule has 0 bridgehead atoms. The number of H-pyrrole nitrogens is 1. The molecular formula is C30H38ClN5O4S2. The van der Waals surface area contributed by atoms with Crippen LogP contribution in [0.3, 0.4) is 0 Å². The van der Waals surface area contributed by atoms with Crippen LogP contribution in [0.25, 0.3) is 10.4 Å². The number of sulfonamides is 1. The SMILES string of the molecule is CCC(=O)N(Cl)c1c(-c2cccs2)cccc1S(=O)(=O)N[C@@H](CCCc1nc[nH]c1C)C(=O)N1CCC(C2CC2)CC1. The molecule has 42 heavy (non-hydrogen) atoms. The maximum absolute atomic E-state index is 14.1. The number of benzene rings is 1. The van der Waals surface area contributed by atoms with Crippen LogP contribution in [0, 0.1) is 18.8 Å². The molecular weight excluding hydrogens is 594 g/mol. The summed E-state index contributed by atoms with van der Waals surface area (Å²) in [6, 6.07) is 7.55. The Kier molecular flexibility index (Phi) is 9.71. The van der Waals surface area contributed by atoms with Crippen molar-refractivity contribution >= 4 is 50.6 Å². The quantitative estimate of drug-likeness (QED) is 0.250. The number of aromatic amines is 1. The van der Waals surface area contributed by atoms with Crippen LogP contribution in [0.1, 0.15) is 63.3 Å². The van der Waals surface area contributed by atoms with Gasteiger partial charge in [-0.2, -0.15) is 4.72 Å². The van der Waals surface area contributed by atoms with Crippen LogP contribution in [0.4, 0.5) is 5.69 Å². The van der Waals surface area contributed by atoms with Crippen LogP contribution >= 0.6 is 23.1 Å². The van der Waals surface area contributed by atoms with E-state index in [4.69, 9.17) is 11.8 Å². The summed E-state index contributed by atoms with van der Waals surface area (Å²) in [6.45, 7) is 4.88. The lowest BCUT2D eigenvalue weighted by Gasteiger charge is -2.34. The Bertz CT molecular complexity index is 1500. The molecule has 0 spiro atoms. The zero-order valence-corrected chi connectivity index (χ0v) is 26.4. The standard InChI is InChI=1S/C30H38ClN5O4S2/c1-3-28(37)36(31)29-23(26-10-6-18-41-26)7-4-11-27(29)42(39,40)34-25(9-5-8-24-20(2)32-19-33-24)30(38)35-16-14-22(15-17-35)21-12-13-21/h4,6-7,10-11,18-19,21-22,25,34H,3,5,8-9,12-17H2,1-2H3,(H,32,33)/t25-/m0/s1. The molecule has 0 radical (unpaired) electrons. The number of nitrogens with one attached hydrogen (secondary N) is 2. The smallest absolute Gasteiger partial charge is 0.243 e. The van der Waals surface area contributed by atoms with Crippen LogP contribution in [0.15, 0.2) is 46.9 Å². The number of halogens is 1. The van der Waals surface area contributed by atoms with Crippen LogP contribution in [0.5, 0.6) is 0 Å². The third kappa shape index (κ3) is 6.90. The van der Waals surface area contributed by atoms with E-state index in [0.29, 0.717) is 43.8 Å². The van der Waals surface area contributed by atoms with Gasteiger partial charge < -0.3 is 9.88 Å². The summed E-state index contributed by atoms with van der Waals surface area (Å²) >= 11 is 7.94. The van der Waals surface area contributed by atoms with Gasteiger partial charge in [0.05, 0.1) is 17.7 Å². The van der Waals surface area contributed by atoms with Crippen molar-refractivity contribution in [3.05, 3.63) is 53.4 Å². The number of imidazole rings is 1. The number of nitrogens with zero attached hydrogens (tertiary/aromatic N) is 3. The Morgan fingerprint density at radius 2 is 1.90 bits per heavy atom. The number of aromatic nitrogens is 2. The second-order valence-electron chi connectivity index (χ2n) is 11.2.